The first-order valence-corrected chi connectivity index (χ1v) is 7.01. The number of nitrogens with zero attached hydrogens (tertiary/aromatic N) is 1. The van der Waals surface area contributed by atoms with E-state index in [9.17, 15) is 14.0 Å². The van der Waals surface area contributed by atoms with Gasteiger partial charge in [-0.2, -0.15) is 0 Å². The van der Waals surface area contributed by atoms with Gasteiger partial charge in [0.2, 0.25) is 0 Å². The van der Waals surface area contributed by atoms with Crippen molar-refractivity contribution in [2.45, 2.75) is 6.42 Å². The highest BCUT2D eigenvalue weighted by Crippen LogP contribution is 2.27. The number of benzene rings is 1. The van der Waals surface area contributed by atoms with E-state index in [0.717, 1.165) is 5.56 Å². The molecule has 6 heteroatoms. The van der Waals surface area contributed by atoms with Crippen LogP contribution in [0, 0.1) is 11.7 Å². The molecule has 1 fully saturated rings. The quantitative estimate of drug-likeness (QED) is 0.914. The maximum Gasteiger partial charge on any atom is 0.308 e. The fraction of sp³-hybridized carbons (Fsp3) is 0.250. The van der Waals surface area contributed by atoms with E-state index in [1.165, 1.54) is 12.1 Å². The summed E-state index contributed by atoms with van der Waals surface area (Å²) in [6.45, 7) is 0.659. The second kappa shape index (κ2) is 5.63. The van der Waals surface area contributed by atoms with E-state index in [4.69, 9.17) is 5.11 Å². The number of halogens is 1. The number of carboxylic acid groups (broad SMARTS) is 1. The molecule has 2 aromatic rings. The molecule has 22 heavy (non-hydrogen) atoms. The van der Waals surface area contributed by atoms with Gasteiger partial charge in [-0.3, -0.25) is 9.59 Å². The van der Waals surface area contributed by atoms with E-state index in [1.54, 1.807) is 29.4 Å². The van der Waals surface area contributed by atoms with E-state index < -0.39 is 11.9 Å². The van der Waals surface area contributed by atoms with Crippen LogP contribution in [0.1, 0.15) is 16.8 Å². The third kappa shape index (κ3) is 2.59. The predicted octanol–water partition coefficient (Wildman–Crippen LogP) is 2.37. The van der Waals surface area contributed by atoms with E-state index >= 15 is 0 Å². The van der Waals surface area contributed by atoms with Crippen LogP contribution in [-0.4, -0.2) is 40.0 Å². The SMILES string of the molecule is O=C(O)C1CCN(C(=O)c2c[nH]cc2-c2ccc(F)cc2)C1. The number of hydrogen-bond donors (Lipinski definition) is 2. The maximum absolute atomic E-state index is 13.0. The minimum atomic E-state index is -0.872. The molecule has 2 heterocycles. The van der Waals surface area contributed by atoms with Gasteiger partial charge in [0.05, 0.1) is 11.5 Å². The third-order valence-corrected chi connectivity index (χ3v) is 3.96. The number of aliphatic carboxylic acids is 1. The normalized spacial score (nSPS) is 17.7. The van der Waals surface area contributed by atoms with Crippen LogP contribution in [0.5, 0.6) is 0 Å². The van der Waals surface area contributed by atoms with Crippen molar-refractivity contribution in [3.8, 4) is 11.1 Å². The fourth-order valence-electron chi connectivity index (χ4n) is 2.73. The molecule has 1 aromatic carbocycles. The molecule has 0 spiro atoms. The zero-order valence-corrected chi connectivity index (χ0v) is 11.8. The molecule has 1 aliphatic heterocycles. The highest BCUT2D eigenvalue weighted by atomic mass is 19.1. The van der Waals surface area contributed by atoms with Gasteiger partial charge in [-0.05, 0) is 24.1 Å². The molecule has 114 valence electrons. The molecule has 0 bridgehead atoms. The van der Waals surface area contributed by atoms with Gasteiger partial charge in [-0.1, -0.05) is 12.1 Å². The summed E-state index contributed by atoms with van der Waals surface area (Å²) in [6.07, 6.45) is 3.75. The van der Waals surface area contributed by atoms with Crippen molar-refractivity contribution in [1.82, 2.24) is 9.88 Å². The Hall–Kier alpha value is -2.63. The Labute approximate surface area is 126 Å². The standard InChI is InChI=1S/C16H15FN2O3/c17-12-3-1-10(2-4-12)13-7-18-8-14(13)15(20)19-6-5-11(9-19)16(21)22/h1-4,7-8,11,18H,5-6,9H2,(H,21,22). The molecule has 1 aliphatic rings. The van der Waals surface area contributed by atoms with Gasteiger partial charge in [0.15, 0.2) is 0 Å². The first-order chi connectivity index (χ1) is 10.6. The van der Waals surface area contributed by atoms with Gasteiger partial charge in [0, 0.05) is 31.0 Å². The van der Waals surface area contributed by atoms with Crippen molar-refractivity contribution in [3.63, 3.8) is 0 Å². The first kappa shape index (κ1) is 14.3. The molecule has 1 saturated heterocycles. The molecule has 0 radical (unpaired) electrons. The maximum atomic E-state index is 13.0. The number of hydrogen-bond acceptors (Lipinski definition) is 2. The van der Waals surface area contributed by atoms with Crippen molar-refractivity contribution in [2.24, 2.45) is 5.92 Å². The summed E-state index contributed by atoms with van der Waals surface area (Å²) < 4.78 is 13.0. The summed E-state index contributed by atoms with van der Waals surface area (Å²) in [7, 11) is 0. The number of aromatic nitrogens is 1. The van der Waals surface area contributed by atoms with Gasteiger partial charge >= 0.3 is 5.97 Å². The fourth-order valence-corrected chi connectivity index (χ4v) is 2.73. The Balaban J connectivity index is 1.84. The highest BCUT2D eigenvalue weighted by molar-refractivity contribution is 6.01. The number of rotatable bonds is 3. The average Bonchev–Trinajstić information content (AvgIpc) is 3.17. The summed E-state index contributed by atoms with van der Waals surface area (Å²) in [5.74, 6) is -1.92. The van der Waals surface area contributed by atoms with Crippen LogP contribution < -0.4 is 0 Å². The molecule has 2 N–H and O–H groups in total. The number of carbonyl (C=O) groups is 2. The number of nitrogens with one attached hydrogen (secondary N) is 1. The van der Waals surface area contributed by atoms with Gasteiger partial charge < -0.3 is 15.0 Å². The summed E-state index contributed by atoms with van der Waals surface area (Å²) in [6, 6.07) is 5.90. The highest BCUT2D eigenvalue weighted by Gasteiger charge is 2.32. The smallest absolute Gasteiger partial charge is 0.308 e. The Morgan fingerprint density at radius 1 is 1.23 bits per heavy atom. The molecule has 0 saturated carbocycles. The number of aromatic amines is 1. The Morgan fingerprint density at radius 3 is 2.59 bits per heavy atom. The molecule has 1 atom stereocenters. The van der Waals surface area contributed by atoms with Crippen LogP contribution in [0.4, 0.5) is 4.39 Å². The number of carbonyl (C=O) groups excluding carboxylic acids is 1. The first-order valence-electron chi connectivity index (χ1n) is 7.01. The summed E-state index contributed by atoms with van der Waals surface area (Å²) in [5.41, 5.74) is 1.89. The van der Waals surface area contributed by atoms with Crippen LogP contribution in [-0.2, 0) is 4.79 Å². The van der Waals surface area contributed by atoms with E-state index in [0.29, 0.717) is 24.1 Å². The van der Waals surface area contributed by atoms with Crippen molar-refractivity contribution in [3.05, 3.63) is 48.0 Å². The minimum absolute atomic E-state index is 0.204. The second-order valence-electron chi connectivity index (χ2n) is 5.36. The summed E-state index contributed by atoms with van der Waals surface area (Å²) >= 11 is 0. The Kier molecular flexibility index (Phi) is 3.66. The molecular weight excluding hydrogens is 287 g/mol. The summed E-state index contributed by atoms with van der Waals surface area (Å²) in [4.78, 5) is 28.0. The molecule has 1 unspecified atom stereocenters. The monoisotopic (exact) mass is 302 g/mol. The van der Waals surface area contributed by atoms with Gasteiger partial charge in [-0.15, -0.1) is 0 Å². The lowest BCUT2D eigenvalue weighted by molar-refractivity contribution is -0.141. The zero-order valence-electron chi connectivity index (χ0n) is 11.8. The van der Waals surface area contributed by atoms with Crippen molar-refractivity contribution >= 4 is 11.9 Å². The van der Waals surface area contributed by atoms with E-state index in [-0.39, 0.29) is 18.3 Å². The number of amides is 1. The Morgan fingerprint density at radius 2 is 1.95 bits per heavy atom. The van der Waals surface area contributed by atoms with Crippen LogP contribution in [0.15, 0.2) is 36.7 Å². The lowest BCUT2D eigenvalue weighted by Gasteiger charge is -2.16. The van der Waals surface area contributed by atoms with Crippen molar-refractivity contribution < 1.29 is 19.1 Å². The average molecular weight is 302 g/mol. The van der Waals surface area contributed by atoms with Crippen LogP contribution in [0.25, 0.3) is 11.1 Å². The largest absolute Gasteiger partial charge is 0.481 e. The van der Waals surface area contributed by atoms with Crippen LogP contribution >= 0.6 is 0 Å². The topological polar surface area (TPSA) is 73.4 Å². The lowest BCUT2D eigenvalue weighted by atomic mass is 10.0. The molecule has 0 aliphatic carbocycles. The van der Waals surface area contributed by atoms with Gasteiger partial charge in [0.1, 0.15) is 5.82 Å². The second-order valence-corrected chi connectivity index (χ2v) is 5.36. The molecule has 3 rings (SSSR count). The Bertz CT molecular complexity index is 708. The van der Waals surface area contributed by atoms with Gasteiger partial charge in [-0.25, -0.2) is 4.39 Å². The minimum Gasteiger partial charge on any atom is -0.481 e. The van der Waals surface area contributed by atoms with Crippen molar-refractivity contribution in [1.29, 1.82) is 0 Å². The number of carboxylic acids is 1. The third-order valence-electron chi connectivity index (χ3n) is 3.96. The lowest BCUT2D eigenvalue weighted by Crippen LogP contribution is -2.30. The molecule has 5 nitrogen and oxygen atoms in total. The van der Waals surface area contributed by atoms with E-state index in [2.05, 4.69) is 4.98 Å². The van der Waals surface area contributed by atoms with Crippen LogP contribution in [0.2, 0.25) is 0 Å². The van der Waals surface area contributed by atoms with Crippen LogP contribution in [0.3, 0.4) is 0 Å². The zero-order chi connectivity index (χ0) is 15.7. The van der Waals surface area contributed by atoms with Gasteiger partial charge in [0.25, 0.3) is 5.91 Å². The molecular formula is C16H15FN2O3. The predicted molar refractivity (Wildman–Crippen MR) is 77.8 cm³/mol. The van der Waals surface area contributed by atoms with Crippen molar-refractivity contribution in [2.75, 3.05) is 13.1 Å². The number of H-pyrrole nitrogens is 1. The number of likely N-dealkylation sites (tertiary alicyclic amines) is 1. The molecule has 1 amide bonds. The van der Waals surface area contributed by atoms with E-state index in [1.807, 2.05) is 0 Å². The molecule has 1 aromatic heterocycles. The summed E-state index contributed by atoms with van der Waals surface area (Å²) in [5, 5.41) is 9.02.